The van der Waals surface area contributed by atoms with Crippen LogP contribution in [0.25, 0.3) is 0 Å². The Morgan fingerprint density at radius 3 is 2.79 bits per heavy atom. The summed E-state index contributed by atoms with van der Waals surface area (Å²) in [4.78, 5) is 3.60. The minimum atomic E-state index is -2.64. The van der Waals surface area contributed by atoms with Gasteiger partial charge in [0.2, 0.25) is 0 Å². The van der Waals surface area contributed by atoms with Crippen molar-refractivity contribution in [1.29, 1.82) is 5.26 Å². The van der Waals surface area contributed by atoms with Gasteiger partial charge in [0.05, 0.1) is 12.5 Å². The lowest BCUT2D eigenvalue weighted by atomic mass is 10.1. The molecule has 0 spiro atoms. The van der Waals surface area contributed by atoms with Crippen LogP contribution in [0.3, 0.4) is 0 Å². The second kappa shape index (κ2) is 4.98. The maximum absolute atomic E-state index is 12.5. The standard InChI is InChI=1S/C8H4BrF2IN2/c9-5-3-14-7(8(10)11)4(1-2-13)6(5)12/h3,8H,1H2. The molecule has 0 N–H and O–H groups in total. The molecule has 0 aliphatic heterocycles. The summed E-state index contributed by atoms with van der Waals surface area (Å²) >= 11 is 5.09. The summed E-state index contributed by atoms with van der Waals surface area (Å²) in [6, 6.07) is 1.85. The van der Waals surface area contributed by atoms with Gasteiger partial charge in [0.15, 0.2) is 0 Å². The lowest BCUT2D eigenvalue weighted by Crippen LogP contribution is -2.01. The van der Waals surface area contributed by atoms with Crippen molar-refractivity contribution in [2.24, 2.45) is 0 Å². The van der Waals surface area contributed by atoms with E-state index in [4.69, 9.17) is 5.26 Å². The van der Waals surface area contributed by atoms with Crippen molar-refractivity contribution >= 4 is 38.5 Å². The molecule has 14 heavy (non-hydrogen) atoms. The average molecular weight is 373 g/mol. The van der Waals surface area contributed by atoms with E-state index in [9.17, 15) is 8.78 Å². The largest absolute Gasteiger partial charge is 0.280 e. The molecule has 1 rings (SSSR count). The zero-order chi connectivity index (χ0) is 10.7. The molecule has 0 unspecified atom stereocenters. The van der Waals surface area contributed by atoms with E-state index in [-0.39, 0.29) is 12.1 Å². The fourth-order valence-electron chi connectivity index (χ4n) is 0.953. The number of nitrogens with zero attached hydrogens (tertiary/aromatic N) is 2. The van der Waals surface area contributed by atoms with Crippen molar-refractivity contribution in [2.45, 2.75) is 12.8 Å². The summed E-state index contributed by atoms with van der Waals surface area (Å²) < 4.78 is 26.2. The van der Waals surface area contributed by atoms with Gasteiger partial charge < -0.3 is 0 Å². The number of rotatable bonds is 2. The minimum Gasteiger partial charge on any atom is -0.254 e. The van der Waals surface area contributed by atoms with Crippen LogP contribution >= 0.6 is 38.5 Å². The van der Waals surface area contributed by atoms with Crippen molar-refractivity contribution in [3.63, 3.8) is 0 Å². The molecule has 0 atom stereocenters. The Labute approximate surface area is 102 Å². The maximum atomic E-state index is 12.5. The van der Waals surface area contributed by atoms with Crippen LogP contribution in [0.15, 0.2) is 10.7 Å². The molecule has 0 saturated carbocycles. The number of halogens is 4. The van der Waals surface area contributed by atoms with Crippen LogP contribution in [0, 0.1) is 14.9 Å². The van der Waals surface area contributed by atoms with Gasteiger partial charge in [-0.3, -0.25) is 4.98 Å². The van der Waals surface area contributed by atoms with E-state index < -0.39 is 6.43 Å². The number of nitriles is 1. The van der Waals surface area contributed by atoms with Crippen LogP contribution < -0.4 is 0 Å². The zero-order valence-electron chi connectivity index (χ0n) is 6.77. The molecule has 0 saturated heterocycles. The molecule has 0 amide bonds. The lowest BCUT2D eigenvalue weighted by Gasteiger charge is -2.08. The van der Waals surface area contributed by atoms with Gasteiger partial charge in [-0.05, 0) is 38.5 Å². The summed E-state index contributed by atoms with van der Waals surface area (Å²) in [5.41, 5.74) is -0.00312. The van der Waals surface area contributed by atoms with Crippen LogP contribution in [0.1, 0.15) is 17.7 Å². The van der Waals surface area contributed by atoms with E-state index in [0.29, 0.717) is 13.6 Å². The first-order valence-electron chi connectivity index (χ1n) is 3.55. The molecular formula is C8H4BrF2IN2. The Kier molecular flexibility index (Phi) is 4.19. The molecule has 0 aliphatic rings. The molecule has 0 fully saturated rings. The molecule has 0 aliphatic carbocycles. The van der Waals surface area contributed by atoms with Crippen molar-refractivity contribution in [1.82, 2.24) is 4.98 Å². The van der Waals surface area contributed by atoms with Gasteiger partial charge in [-0.2, -0.15) is 5.26 Å². The first-order valence-corrected chi connectivity index (χ1v) is 5.43. The Morgan fingerprint density at radius 2 is 2.29 bits per heavy atom. The summed E-state index contributed by atoms with van der Waals surface area (Å²) in [6.45, 7) is 0. The van der Waals surface area contributed by atoms with Crippen LogP contribution in [-0.4, -0.2) is 4.98 Å². The summed E-state index contributed by atoms with van der Waals surface area (Å²) in [6.07, 6.45) is -1.37. The van der Waals surface area contributed by atoms with E-state index in [0.717, 1.165) is 0 Å². The number of aromatic nitrogens is 1. The van der Waals surface area contributed by atoms with Gasteiger partial charge in [-0.15, -0.1) is 0 Å². The number of hydrogen-bond donors (Lipinski definition) is 0. The average Bonchev–Trinajstić information content (AvgIpc) is 2.13. The second-order valence-electron chi connectivity index (χ2n) is 2.42. The minimum absolute atomic E-state index is 0.0512. The van der Waals surface area contributed by atoms with Gasteiger partial charge >= 0.3 is 0 Å². The van der Waals surface area contributed by atoms with Crippen molar-refractivity contribution < 1.29 is 8.78 Å². The summed E-state index contributed by atoms with van der Waals surface area (Å²) in [5, 5.41) is 8.50. The van der Waals surface area contributed by atoms with Gasteiger partial charge in [0.1, 0.15) is 5.69 Å². The Hall–Kier alpha value is -0.290. The fraction of sp³-hybridized carbons (Fsp3) is 0.250. The van der Waals surface area contributed by atoms with Crippen molar-refractivity contribution in [3.05, 3.63) is 25.5 Å². The number of hydrogen-bond acceptors (Lipinski definition) is 2. The topological polar surface area (TPSA) is 36.7 Å². The highest BCUT2D eigenvalue weighted by Crippen LogP contribution is 2.29. The predicted octanol–water partition coefficient (Wildman–Crippen LogP) is 3.45. The molecule has 1 aromatic rings. The second-order valence-corrected chi connectivity index (χ2v) is 4.35. The van der Waals surface area contributed by atoms with E-state index in [1.54, 1.807) is 0 Å². The smallest absolute Gasteiger partial charge is 0.254 e. The monoisotopic (exact) mass is 372 g/mol. The molecule has 1 aromatic heterocycles. The lowest BCUT2D eigenvalue weighted by molar-refractivity contribution is 0.145. The van der Waals surface area contributed by atoms with E-state index >= 15 is 0 Å². The Bertz CT molecular complexity index is 390. The molecule has 0 aromatic carbocycles. The van der Waals surface area contributed by atoms with Crippen LogP contribution in [0.4, 0.5) is 8.78 Å². The highest BCUT2D eigenvalue weighted by molar-refractivity contribution is 14.1. The maximum Gasteiger partial charge on any atom is 0.280 e. The fourth-order valence-corrected chi connectivity index (χ4v) is 1.90. The third kappa shape index (κ3) is 2.39. The zero-order valence-corrected chi connectivity index (χ0v) is 10.5. The van der Waals surface area contributed by atoms with Gasteiger partial charge in [0.25, 0.3) is 6.43 Å². The van der Waals surface area contributed by atoms with E-state index in [1.165, 1.54) is 6.20 Å². The van der Waals surface area contributed by atoms with E-state index in [2.05, 4.69) is 20.9 Å². The van der Waals surface area contributed by atoms with E-state index in [1.807, 2.05) is 28.7 Å². The quantitative estimate of drug-likeness (QED) is 0.745. The number of alkyl halides is 2. The molecule has 2 nitrogen and oxygen atoms in total. The van der Waals surface area contributed by atoms with Crippen LogP contribution in [0.5, 0.6) is 0 Å². The Balaban J connectivity index is 3.31. The first kappa shape index (κ1) is 11.8. The van der Waals surface area contributed by atoms with Crippen LogP contribution in [0.2, 0.25) is 0 Å². The highest BCUT2D eigenvalue weighted by atomic mass is 127. The SMILES string of the molecule is N#CCc1c(C(F)F)ncc(Br)c1I. The van der Waals surface area contributed by atoms with Crippen LogP contribution in [-0.2, 0) is 6.42 Å². The van der Waals surface area contributed by atoms with Gasteiger partial charge in [-0.25, -0.2) is 8.78 Å². The third-order valence-corrected chi connectivity index (χ3v) is 4.14. The van der Waals surface area contributed by atoms with Crippen molar-refractivity contribution in [3.8, 4) is 6.07 Å². The Morgan fingerprint density at radius 1 is 1.64 bits per heavy atom. The molecule has 6 heteroatoms. The first-order chi connectivity index (χ1) is 6.57. The summed E-state index contributed by atoms with van der Waals surface area (Å²) in [5.74, 6) is 0. The molecule has 1 heterocycles. The molecular weight excluding hydrogens is 369 g/mol. The number of pyridine rings is 1. The highest BCUT2D eigenvalue weighted by Gasteiger charge is 2.18. The summed E-state index contributed by atoms with van der Waals surface area (Å²) in [7, 11) is 0. The predicted molar refractivity (Wildman–Crippen MR) is 58.9 cm³/mol. The third-order valence-electron chi connectivity index (χ3n) is 1.56. The van der Waals surface area contributed by atoms with Gasteiger partial charge in [0, 0.05) is 19.8 Å². The normalized spacial score (nSPS) is 10.3. The van der Waals surface area contributed by atoms with Gasteiger partial charge in [-0.1, -0.05) is 0 Å². The van der Waals surface area contributed by atoms with Crippen molar-refractivity contribution in [2.75, 3.05) is 0 Å². The molecule has 0 bridgehead atoms. The molecule has 0 radical (unpaired) electrons. The molecule has 74 valence electrons.